The van der Waals surface area contributed by atoms with Gasteiger partial charge in [-0.2, -0.15) is 0 Å². The van der Waals surface area contributed by atoms with Gasteiger partial charge in [-0.3, -0.25) is 9.97 Å². The Morgan fingerprint density at radius 3 is 2.12 bits per heavy atom. The monoisotopic (exact) mass is 394 g/mol. The number of benzene rings is 1. The molecule has 25 heavy (non-hydrogen) atoms. The molecular weight excluding hydrogens is 379 g/mol. The Morgan fingerprint density at radius 2 is 1.56 bits per heavy atom. The number of rotatable bonds is 3. The Bertz CT molecular complexity index is 987. The molecule has 0 amide bonds. The summed E-state index contributed by atoms with van der Waals surface area (Å²) in [6.45, 7) is 1.92. The Labute approximate surface area is 158 Å². The van der Waals surface area contributed by atoms with Crippen LogP contribution in [0.5, 0.6) is 0 Å². The molecule has 0 aliphatic rings. The molecule has 2 aromatic heterocycles. The number of hydrogen-bond donors (Lipinski definition) is 0. The number of pyridine rings is 2. The summed E-state index contributed by atoms with van der Waals surface area (Å²) in [5.74, 6) is 0. The van der Waals surface area contributed by atoms with Crippen molar-refractivity contribution in [2.24, 2.45) is 0 Å². The van der Waals surface area contributed by atoms with Gasteiger partial charge >= 0.3 is 0 Å². The van der Waals surface area contributed by atoms with Crippen LogP contribution in [0.15, 0.2) is 59.8 Å². The third-order valence-corrected chi connectivity index (χ3v) is 4.97. The first-order valence-electron chi connectivity index (χ1n) is 7.24. The first-order chi connectivity index (χ1) is 11.3. The minimum atomic E-state index is -3.23. The van der Waals surface area contributed by atoms with E-state index in [0.29, 0.717) is 5.02 Å². The van der Waals surface area contributed by atoms with Gasteiger partial charge in [0.05, 0.1) is 15.6 Å². The minimum absolute atomic E-state index is 0. The van der Waals surface area contributed by atoms with Crippen molar-refractivity contribution in [3.05, 3.63) is 65.6 Å². The molecule has 7 heteroatoms. The molecule has 130 valence electrons. The van der Waals surface area contributed by atoms with Gasteiger partial charge in [0.2, 0.25) is 0 Å². The van der Waals surface area contributed by atoms with Crippen molar-refractivity contribution in [1.29, 1.82) is 0 Å². The largest absolute Gasteiger partial charge is 0.261 e. The summed E-state index contributed by atoms with van der Waals surface area (Å²) in [6, 6.07) is 12.4. The van der Waals surface area contributed by atoms with Gasteiger partial charge in [0, 0.05) is 35.5 Å². The molecular formula is C18H16Cl2N2O2S. The zero-order valence-corrected chi connectivity index (χ0v) is 16.0. The minimum Gasteiger partial charge on any atom is -0.261 e. The van der Waals surface area contributed by atoms with E-state index in [0.717, 1.165) is 28.1 Å². The number of aromatic nitrogens is 2. The maximum Gasteiger partial charge on any atom is 0.175 e. The number of nitrogens with zero attached hydrogens (tertiary/aromatic N) is 2. The van der Waals surface area contributed by atoms with Crippen LogP contribution < -0.4 is 0 Å². The van der Waals surface area contributed by atoms with Crippen LogP contribution in [0.3, 0.4) is 0 Å². The van der Waals surface area contributed by atoms with Crippen molar-refractivity contribution >= 4 is 33.8 Å². The molecule has 0 saturated heterocycles. The first kappa shape index (κ1) is 19.4. The van der Waals surface area contributed by atoms with Crippen LogP contribution in [0.2, 0.25) is 5.02 Å². The van der Waals surface area contributed by atoms with E-state index in [-0.39, 0.29) is 17.3 Å². The summed E-state index contributed by atoms with van der Waals surface area (Å²) in [6.07, 6.45) is 4.54. The summed E-state index contributed by atoms with van der Waals surface area (Å²) >= 11 is 6.11. The van der Waals surface area contributed by atoms with E-state index in [4.69, 9.17) is 11.6 Å². The van der Waals surface area contributed by atoms with E-state index in [9.17, 15) is 8.42 Å². The van der Waals surface area contributed by atoms with Gasteiger partial charge in [-0.25, -0.2) is 8.42 Å². The molecule has 0 aliphatic carbocycles. The van der Waals surface area contributed by atoms with Crippen LogP contribution in [0.4, 0.5) is 0 Å². The van der Waals surface area contributed by atoms with Gasteiger partial charge in [-0.05, 0) is 42.8 Å². The predicted octanol–water partition coefficient (Wildman–Crippen LogP) is 4.60. The summed E-state index contributed by atoms with van der Waals surface area (Å²) in [4.78, 5) is 9.02. The fourth-order valence-corrected chi connectivity index (χ4v) is 3.17. The second kappa shape index (κ2) is 7.52. The van der Waals surface area contributed by atoms with Crippen molar-refractivity contribution in [1.82, 2.24) is 9.97 Å². The van der Waals surface area contributed by atoms with Gasteiger partial charge in [-0.1, -0.05) is 23.7 Å². The van der Waals surface area contributed by atoms with Crippen molar-refractivity contribution in [2.45, 2.75) is 11.8 Å². The fourth-order valence-electron chi connectivity index (χ4n) is 2.38. The molecule has 3 aromatic rings. The van der Waals surface area contributed by atoms with E-state index in [1.807, 2.05) is 25.1 Å². The average molecular weight is 395 g/mol. The second-order valence-electron chi connectivity index (χ2n) is 5.53. The lowest BCUT2D eigenvalue weighted by atomic mass is 10.0. The number of sulfone groups is 1. The Balaban J connectivity index is 0.00000225. The highest BCUT2D eigenvalue weighted by molar-refractivity contribution is 7.90. The Kier molecular flexibility index (Phi) is 5.83. The van der Waals surface area contributed by atoms with Crippen LogP contribution in [0.25, 0.3) is 22.4 Å². The summed E-state index contributed by atoms with van der Waals surface area (Å²) in [5.41, 5.74) is 4.21. The maximum atomic E-state index is 11.6. The molecule has 0 saturated carbocycles. The highest BCUT2D eigenvalue weighted by Gasteiger charge is 2.12. The zero-order valence-electron chi connectivity index (χ0n) is 13.6. The number of hydrogen-bond acceptors (Lipinski definition) is 4. The molecule has 0 aliphatic heterocycles. The van der Waals surface area contributed by atoms with Gasteiger partial charge in [0.1, 0.15) is 0 Å². The quantitative estimate of drug-likeness (QED) is 0.651. The van der Waals surface area contributed by atoms with Crippen molar-refractivity contribution in [2.75, 3.05) is 6.26 Å². The van der Waals surface area contributed by atoms with E-state index in [2.05, 4.69) is 9.97 Å². The lowest BCUT2D eigenvalue weighted by molar-refractivity contribution is 0.602. The van der Waals surface area contributed by atoms with E-state index >= 15 is 0 Å². The van der Waals surface area contributed by atoms with Crippen LogP contribution in [0.1, 0.15) is 5.69 Å². The van der Waals surface area contributed by atoms with Crippen LogP contribution in [0, 0.1) is 6.92 Å². The van der Waals surface area contributed by atoms with Crippen LogP contribution in [-0.4, -0.2) is 24.6 Å². The topological polar surface area (TPSA) is 59.9 Å². The van der Waals surface area contributed by atoms with Crippen molar-refractivity contribution in [3.63, 3.8) is 0 Å². The summed E-state index contributed by atoms with van der Waals surface area (Å²) in [5, 5.41) is 0.515. The molecule has 1 aromatic carbocycles. The van der Waals surface area contributed by atoms with Gasteiger partial charge in [-0.15, -0.1) is 12.4 Å². The second-order valence-corrected chi connectivity index (χ2v) is 7.99. The fraction of sp³-hybridized carbons (Fsp3) is 0.111. The molecule has 4 nitrogen and oxygen atoms in total. The summed E-state index contributed by atoms with van der Waals surface area (Å²) in [7, 11) is -3.23. The normalized spacial score (nSPS) is 11.0. The molecule has 0 atom stereocenters. The van der Waals surface area contributed by atoms with Crippen molar-refractivity contribution < 1.29 is 8.42 Å². The smallest absolute Gasteiger partial charge is 0.175 e. The highest BCUT2D eigenvalue weighted by Crippen LogP contribution is 2.32. The predicted molar refractivity (Wildman–Crippen MR) is 103 cm³/mol. The molecule has 0 unspecified atom stereocenters. The molecule has 0 fully saturated rings. The van der Waals surface area contributed by atoms with Crippen LogP contribution >= 0.6 is 24.0 Å². The zero-order chi connectivity index (χ0) is 17.3. The van der Waals surface area contributed by atoms with E-state index in [1.165, 1.54) is 6.26 Å². The number of aryl methyl sites for hydroxylation is 1. The highest BCUT2D eigenvalue weighted by atomic mass is 35.5. The average Bonchev–Trinajstić information content (AvgIpc) is 2.55. The molecule has 0 radical (unpaired) electrons. The lowest BCUT2D eigenvalue weighted by Crippen LogP contribution is -1.97. The molecule has 0 N–H and O–H groups in total. The molecule has 3 rings (SSSR count). The van der Waals surface area contributed by atoms with Crippen LogP contribution in [-0.2, 0) is 9.84 Å². The first-order valence-corrected chi connectivity index (χ1v) is 9.50. The third kappa shape index (κ3) is 4.37. The standard InChI is InChI=1S/C18H15ClN2O2S.ClH/c1-12-3-4-14(10-20-12)18-17(9-15(19)11-21-18)13-5-7-16(8-6-13)24(2,22)23;/h3-11H,1-2H3;1H. The number of halogens is 2. The molecule has 0 spiro atoms. The third-order valence-electron chi connectivity index (χ3n) is 3.63. The van der Waals surface area contributed by atoms with E-state index < -0.39 is 9.84 Å². The molecule has 0 bridgehead atoms. The Morgan fingerprint density at radius 1 is 0.920 bits per heavy atom. The van der Waals surface area contributed by atoms with Crippen molar-refractivity contribution in [3.8, 4) is 22.4 Å². The summed E-state index contributed by atoms with van der Waals surface area (Å²) < 4.78 is 23.2. The van der Waals surface area contributed by atoms with E-state index in [1.54, 1.807) is 36.7 Å². The van der Waals surface area contributed by atoms with Gasteiger partial charge < -0.3 is 0 Å². The lowest BCUT2D eigenvalue weighted by Gasteiger charge is -2.10. The van der Waals surface area contributed by atoms with Gasteiger partial charge in [0.25, 0.3) is 0 Å². The maximum absolute atomic E-state index is 11.6. The van der Waals surface area contributed by atoms with Gasteiger partial charge in [0.15, 0.2) is 9.84 Å². The Hall–Kier alpha value is -1.95. The molecule has 2 heterocycles. The SMILES string of the molecule is Cc1ccc(-c2ncc(Cl)cc2-c2ccc(S(C)(=O)=O)cc2)cn1.Cl.